The molecule has 0 radical (unpaired) electrons. The Bertz CT molecular complexity index is 2550. The van der Waals surface area contributed by atoms with Crippen LogP contribution in [0.25, 0.3) is 11.1 Å². The fourth-order valence-corrected chi connectivity index (χ4v) is 6.69. The summed E-state index contributed by atoms with van der Waals surface area (Å²) in [6.45, 7) is -5.40. The number of benzene rings is 2. The number of aryl methyl sites for hydroxylation is 1. The Hall–Kier alpha value is -6.60. The second-order valence-corrected chi connectivity index (χ2v) is 12.6. The molecule has 0 unspecified atom stereocenters. The maximum absolute atomic E-state index is 15.6. The molecule has 3 aliphatic heterocycles. The molecule has 0 aliphatic carbocycles. The van der Waals surface area contributed by atoms with E-state index in [1.807, 2.05) is 0 Å². The molecular weight excluding hydrogens is 761 g/mol. The van der Waals surface area contributed by atoms with E-state index in [9.17, 15) is 0 Å². The molecule has 0 bridgehead atoms. The van der Waals surface area contributed by atoms with Crippen LogP contribution in [0.5, 0.6) is 5.75 Å². The maximum atomic E-state index is 15.6. The summed E-state index contributed by atoms with van der Waals surface area (Å²) in [4.78, 5) is 6.78. The zero-order valence-corrected chi connectivity index (χ0v) is 28.3. The first-order valence-corrected chi connectivity index (χ1v) is 16.7. The first-order chi connectivity index (χ1) is 26.9. The Morgan fingerprint density at radius 1 is 0.875 bits per heavy atom. The molecule has 0 saturated carbocycles. The first kappa shape index (κ1) is 36.4. The van der Waals surface area contributed by atoms with Crippen LogP contribution in [0.3, 0.4) is 0 Å². The number of H-pyrrole nitrogens is 1. The van der Waals surface area contributed by atoms with Crippen molar-refractivity contribution in [3.8, 4) is 5.75 Å². The van der Waals surface area contributed by atoms with Gasteiger partial charge in [0.05, 0.1) is 28.6 Å². The number of aromatic amines is 1. The topological polar surface area (TPSA) is 88.1 Å². The van der Waals surface area contributed by atoms with Gasteiger partial charge in [-0.15, -0.1) is 5.10 Å². The molecule has 2 aromatic carbocycles. The van der Waals surface area contributed by atoms with E-state index in [1.54, 1.807) is 0 Å². The van der Waals surface area contributed by atoms with Gasteiger partial charge in [0.25, 0.3) is 0 Å². The van der Waals surface area contributed by atoms with Gasteiger partial charge in [-0.1, -0.05) is 5.21 Å². The molecule has 2 N–H and O–H groups in total. The van der Waals surface area contributed by atoms with Crippen LogP contribution in [0, 0.1) is 46.5 Å². The number of allylic oxidation sites excluding steroid dienone is 4. The van der Waals surface area contributed by atoms with Crippen LogP contribution in [0.4, 0.5) is 49.4 Å². The molecule has 6 heterocycles. The number of nitrogens with one attached hydrogen (secondary N) is 2. The van der Waals surface area contributed by atoms with Crippen molar-refractivity contribution in [2.75, 3.05) is 11.9 Å². The molecule has 9 nitrogen and oxygen atoms in total. The number of fused-ring (bicyclic) bond motifs is 2. The second kappa shape index (κ2) is 13.9. The van der Waals surface area contributed by atoms with Crippen molar-refractivity contribution in [1.82, 2.24) is 24.5 Å². The molecule has 0 amide bonds. The van der Waals surface area contributed by atoms with Gasteiger partial charge in [-0.05, 0) is 49.0 Å². The maximum Gasteiger partial charge on any atom is 0.737 e. The number of nitrogens with zero attached hydrogens (tertiary/aromatic N) is 6. The lowest BCUT2D eigenvalue weighted by molar-refractivity contribution is -0.356. The summed E-state index contributed by atoms with van der Waals surface area (Å²) < 4.78 is 160. The molecule has 8 rings (SSSR count). The predicted octanol–water partition coefficient (Wildman–Crippen LogP) is 7.65. The van der Waals surface area contributed by atoms with Gasteiger partial charge in [0.2, 0.25) is 11.6 Å². The second-order valence-electron chi connectivity index (χ2n) is 12.6. The van der Waals surface area contributed by atoms with Gasteiger partial charge in [0.15, 0.2) is 46.3 Å². The van der Waals surface area contributed by atoms with E-state index in [0.29, 0.717) is 8.96 Å². The molecule has 3 aliphatic rings. The summed E-state index contributed by atoms with van der Waals surface area (Å²) in [6.07, 6.45) is 11.3. The lowest BCUT2D eigenvalue weighted by atomic mass is 9.86. The number of rotatable bonds is 11. The molecule has 56 heavy (non-hydrogen) atoms. The molecular formula is C36H23BF10N8O. The highest BCUT2D eigenvalue weighted by Gasteiger charge is 2.52. The van der Waals surface area contributed by atoms with Gasteiger partial charge < -0.3 is 32.6 Å². The van der Waals surface area contributed by atoms with E-state index in [4.69, 9.17) is 4.74 Å². The van der Waals surface area contributed by atoms with Crippen molar-refractivity contribution >= 4 is 36.2 Å². The monoisotopic (exact) mass is 784 g/mol. The van der Waals surface area contributed by atoms with Crippen molar-refractivity contribution in [3.05, 3.63) is 153 Å². The van der Waals surface area contributed by atoms with Crippen molar-refractivity contribution in [2.45, 2.75) is 19.6 Å². The van der Waals surface area contributed by atoms with E-state index in [-0.39, 0.29) is 53.6 Å². The Balaban J connectivity index is 0.945. The number of aromatic nitrogens is 5. The van der Waals surface area contributed by atoms with Crippen LogP contribution in [0.1, 0.15) is 34.6 Å². The molecule has 5 aromatic rings. The summed E-state index contributed by atoms with van der Waals surface area (Å²) in [5, 5.41) is 9.89. The van der Waals surface area contributed by atoms with Crippen LogP contribution in [0.15, 0.2) is 83.5 Å². The van der Waals surface area contributed by atoms with E-state index >= 15 is 43.8 Å². The van der Waals surface area contributed by atoms with Crippen LogP contribution >= 0.6 is 0 Å². The Morgan fingerprint density at radius 2 is 1.62 bits per heavy atom. The van der Waals surface area contributed by atoms with Crippen LogP contribution < -0.4 is 10.1 Å². The van der Waals surface area contributed by atoms with Crippen molar-refractivity contribution in [3.63, 3.8) is 0 Å². The van der Waals surface area contributed by atoms with Gasteiger partial charge in [0, 0.05) is 54.6 Å². The number of hydrogen-bond acceptors (Lipinski definition) is 5. The van der Waals surface area contributed by atoms with E-state index in [1.165, 1.54) is 59.7 Å². The molecule has 0 fully saturated rings. The highest BCUT2D eigenvalue weighted by atomic mass is 19.2. The predicted molar refractivity (Wildman–Crippen MR) is 184 cm³/mol. The number of aliphatic imine (C=N–C) groups is 1. The molecule has 0 spiro atoms. The number of ether oxygens (including phenoxy) is 1. The minimum Gasteiger partial charge on any atom is -0.481 e. The van der Waals surface area contributed by atoms with Crippen LogP contribution in [0.2, 0.25) is 0 Å². The third-order valence-electron chi connectivity index (χ3n) is 9.22. The lowest BCUT2D eigenvalue weighted by Gasteiger charge is -2.31. The lowest BCUT2D eigenvalue weighted by Crippen LogP contribution is -2.49. The quantitative estimate of drug-likeness (QED) is 0.0624. The zero-order valence-electron chi connectivity index (χ0n) is 28.3. The third kappa shape index (κ3) is 5.82. The normalized spacial score (nSPS) is 16.1. The zero-order chi connectivity index (χ0) is 39.5. The Kier molecular flexibility index (Phi) is 9.04. The highest BCUT2D eigenvalue weighted by Crippen LogP contribution is 2.43. The average Bonchev–Trinajstić information content (AvgIpc) is 4.03. The van der Waals surface area contributed by atoms with Crippen LogP contribution in [-0.4, -0.2) is 54.9 Å². The fraction of sp³-hybridized carbons (Fsp3) is 0.111. The Labute approximate surface area is 309 Å². The summed E-state index contributed by atoms with van der Waals surface area (Å²) in [6, 6.07) is 5.33. The first-order valence-electron chi connectivity index (χ1n) is 16.7. The largest absolute Gasteiger partial charge is 0.737 e. The summed E-state index contributed by atoms with van der Waals surface area (Å²) >= 11 is 0. The summed E-state index contributed by atoms with van der Waals surface area (Å²) in [5.41, 5.74) is -4.45. The minimum absolute atomic E-state index is 0.00274. The standard InChI is InChI=1S/C36H23BF10N8O/c38-27-25(23(19-6-1-10-48-19)20-7-2-11-49-20)28(39)32(43)35(31(27)42)50-12-5-13-53-16-18(51-52-53)17-56-36-33(44)29(40)26(30(41)34(36)45)24-21-8-3-14-54(21)37(46,47)55-15-4-9-22(24)55/h1-4,6-11,14-16,48,50H,5,12-13,17H2. The molecule has 20 heteroatoms. The van der Waals surface area contributed by atoms with Crippen molar-refractivity contribution in [2.24, 2.45) is 4.99 Å². The highest BCUT2D eigenvalue weighted by molar-refractivity contribution is 6.57. The minimum atomic E-state index is -4.46. The summed E-state index contributed by atoms with van der Waals surface area (Å²) in [7, 11) is 0. The SMILES string of the molecule is Fc1c(F)c(C(=C2C=CC=N2)c2ccc[nH]2)c(F)c(F)c1NCCCn1cc(COc2c(F)c(F)c(C3=C4C=CC=[N+]4[B-](F)(F)n4cccc43)c(F)c2F)nn1. The molecule has 0 saturated heterocycles. The van der Waals surface area contributed by atoms with Gasteiger partial charge in [-0.3, -0.25) is 9.67 Å². The number of hydrogen-bond donors (Lipinski definition) is 2. The van der Waals surface area contributed by atoms with Gasteiger partial charge >= 0.3 is 6.97 Å². The number of anilines is 1. The number of halogens is 10. The van der Waals surface area contributed by atoms with Gasteiger partial charge in [-0.25, -0.2) is 26.3 Å². The molecule has 0 atom stereocenters. The van der Waals surface area contributed by atoms with Crippen molar-refractivity contribution < 1.29 is 53.0 Å². The van der Waals surface area contributed by atoms with E-state index < -0.39 is 88.3 Å². The van der Waals surface area contributed by atoms with E-state index in [0.717, 1.165) is 24.6 Å². The average molecular weight is 784 g/mol. The fourth-order valence-electron chi connectivity index (χ4n) is 6.69. The molecule has 3 aromatic heterocycles. The van der Waals surface area contributed by atoms with Crippen LogP contribution in [-0.2, 0) is 13.2 Å². The third-order valence-corrected chi connectivity index (χ3v) is 9.22. The van der Waals surface area contributed by atoms with Gasteiger partial charge in [0.1, 0.15) is 24.2 Å². The van der Waals surface area contributed by atoms with Crippen molar-refractivity contribution in [1.29, 1.82) is 0 Å². The molecule has 286 valence electrons. The smallest absolute Gasteiger partial charge is 0.481 e. The Morgan fingerprint density at radius 3 is 2.30 bits per heavy atom. The van der Waals surface area contributed by atoms with Gasteiger partial charge in [-0.2, -0.15) is 8.78 Å². The van der Waals surface area contributed by atoms with E-state index in [2.05, 4.69) is 25.6 Å². The summed E-state index contributed by atoms with van der Waals surface area (Å²) in [5.74, 6) is -15.7.